The number of urea groups is 1. The summed E-state index contributed by atoms with van der Waals surface area (Å²) < 4.78 is 6.94. The first-order chi connectivity index (χ1) is 14.0. The molecular formula is C21H29N5O2. The third kappa shape index (κ3) is 4.48. The van der Waals surface area contributed by atoms with Crippen molar-refractivity contribution in [3.8, 4) is 5.75 Å². The number of hydrogen-bond donors (Lipinski definition) is 2. The molecule has 0 aromatic heterocycles. The van der Waals surface area contributed by atoms with E-state index in [0.29, 0.717) is 12.4 Å². The van der Waals surface area contributed by atoms with Gasteiger partial charge in [0.1, 0.15) is 5.75 Å². The molecule has 150 valence electrons. The summed E-state index contributed by atoms with van der Waals surface area (Å²) in [5, 5.41) is 7.47. The quantitative estimate of drug-likeness (QED) is 0.749. The molecule has 1 aliphatic heterocycles. The number of phenols is 1. The Labute approximate surface area is 168 Å². The van der Waals surface area contributed by atoms with Crippen LogP contribution >= 0.6 is 0 Å². The molecule has 2 aromatic carbocycles. The van der Waals surface area contributed by atoms with Gasteiger partial charge in [-0.25, -0.2) is 4.79 Å². The van der Waals surface area contributed by atoms with E-state index >= 15 is 0 Å². The predicted octanol–water partition coefficient (Wildman–Crippen LogP) is 2.38. The van der Waals surface area contributed by atoms with Crippen LogP contribution < -0.4 is 20.0 Å². The van der Waals surface area contributed by atoms with Crippen molar-refractivity contribution in [2.75, 3.05) is 68.7 Å². The summed E-state index contributed by atoms with van der Waals surface area (Å²) >= 11 is 0. The largest absolute Gasteiger partial charge is 0.508 e. The molecule has 1 saturated heterocycles. The van der Waals surface area contributed by atoms with E-state index in [-0.39, 0.29) is 6.03 Å². The molecule has 0 unspecified atom stereocenters. The average molecular weight is 385 g/mol. The molecule has 1 fully saturated rings. The van der Waals surface area contributed by atoms with Gasteiger partial charge in [0.25, 0.3) is 1.43 Å². The molecule has 3 rings (SSSR count). The van der Waals surface area contributed by atoms with Crippen molar-refractivity contribution in [1.82, 2.24) is 10.2 Å². The Bertz CT molecular complexity index is 792. The Morgan fingerprint density at radius 1 is 1.00 bits per heavy atom. The van der Waals surface area contributed by atoms with Crippen molar-refractivity contribution in [2.24, 2.45) is 0 Å². The van der Waals surface area contributed by atoms with Gasteiger partial charge < -0.3 is 25.1 Å². The standard InChI is InChI=1S/C21H29N5O2/c1-22-16-23(2)21(28)24(3)17-4-6-18(7-5-17)25-12-14-26(15-13-25)19-8-10-20(27)11-9-19/h4-11,22,27H,12-16H2,1-3H3/i/hD. The van der Waals surface area contributed by atoms with E-state index in [0.717, 1.165) is 43.2 Å². The number of carbonyl (C=O) groups excluding carboxylic acids is 1. The predicted molar refractivity (Wildman–Crippen MR) is 114 cm³/mol. The fraction of sp³-hybridized carbons (Fsp3) is 0.381. The van der Waals surface area contributed by atoms with Gasteiger partial charge >= 0.3 is 6.03 Å². The molecule has 0 atom stereocenters. The Morgan fingerprint density at radius 2 is 1.50 bits per heavy atom. The minimum absolute atomic E-state index is 0.0532. The molecule has 0 aliphatic carbocycles. The minimum Gasteiger partial charge on any atom is -0.508 e. The van der Waals surface area contributed by atoms with E-state index in [1.54, 1.807) is 23.9 Å². The van der Waals surface area contributed by atoms with Crippen LogP contribution in [0.2, 0.25) is 0 Å². The number of rotatable bonds is 6. The van der Waals surface area contributed by atoms with Crippen LogP contribution in [-0.2, 0) is 0 Å². The summed E-state index contributed by atoms with van der Waals surface area (Å²) in [5.74, 6) is 0.549. The second kappa shape index (κ2) is 8.84. The van der Waals surface area contributed by atoms with Crippen LogP contribution in [0.15, 0.2) is 48.5 Å². The smallest absolute Gasteiger partial charge is 0.324 e. The van der Waals surface area contributed by atoms with Crippen molar-refractivity contribution in [1.29, 1.82) is 1.43 Å². The molecule has 0 saturated carbocycles. The summed E-state index contributed by atoms with van der Waals surface area (Å²) in [6.07, 6.45) is 0. The fourth-order valence-electron chi connectivity index (χ4n) is 3.44. The summed E-state index contributed by atoms with van der Waals surface area (Å²) in [4.78, 5) is 20.4. The van der Waals surface area contributed by atoms with E-state index in [4.69, 9.17) is 1.43 Å². The Kier molecular flexibility index (Phi) is 5.82. The summed E-state index contributed by atoms with van der Waals surface area (Å²) in [6, 6.07) is 15.7. The van der Waals surface area contributed by atoms with Crippen LogP contribution in [0.25, 0.3) is 0 Å². The SMILES string of the molecule is [2H]Oc1ccc(N2CCN(c3ccc(N(C)C(=O)N(C)CNC)cc3)CC2)cc1. The van der Waals surface area contributed by atoms with Gasteiger partial charge in [-0.3, -0.25) is 4.90 Å². The Morgan fingerprint density at radius 3 is 1.96 bits per heavy atom. The highest BCUT2D eigenvalue weighted by Gasteiger charge is 2.19. The highest BCUT2D eigenvalue weighted by Crippen LogP contribution is 2.24. The van der Waals surface area contributed by atoms with Gasteiger partial charge in [-0.1, -0.05) is 0 Å². The number of nitrogens with one attached hydrogen (secondary N) is 1. The maximum absolute atomic E-state index is 12.4. The van der Waals surface area contributed by atoms with Crippen LogP contribution in [0.4, 0.5) is 21.9 Å². The third-order valence-electron chi connectivity index (χ3n) is 5.09. The zero-order chi connectivity index (χ0) is 20.8. The van der Waals surface area contributed by atoms with Gasteiger partial charge in [-0.15, -0.1) is 0 Å². The molecular weight excluding hydrogens is 354 g/mol. The Balaban J connectivity index is 1.57. The molecule has 0 radical (unpaired) electrons. The molecule has 2 amide bonds. The van der Waals surface area contributed by atoms with Crippen molar-refractivity contribution in [3.05, 3.63) is 48.5 Å². The van der Waals surface area contributed by atoms with Crippen molar-refractivity contribution < 1.29 is 9.90 Å². The van der Waals surface area contributed by atoms with E-state index in [1.165, 1.54) is 0 Å². The highest BCUT2D eigenvalue weighted by atomic mass is 16.3. The molecule has 2 aromatic rings. The van der Waals surface area contributed by atoms with E-state index in [1.807, 2.05) is 43.4 Å². The number of piperazine rings is 1. The number of hydrogen-bond acceptors (Lipinski definition) is 5. The van der Waals surface area contributed by atoms with Gasteiger partial charge in [0.15, 0.2) is 0 Å². The van der Waals surface area contributed by atoms with E-state index in [9.17, 15) is 4.79 Å². The highest BCUT2D eigenvalue weighted by molar-refractivity contribution is 5.91. The van der Waals surface area contributed by atoms with Crippen LogP contribution in [0.5, 0.6) is 5.75 Å². The molecule has 2 N–H and O–H groups in total. The normalized spacial score (nSPS) is 14.5. The number of amides is 2. The minimum atomic E-state index is -0.0532. The molecule has 7 heteroatoms. The van der Waals surface area contributed by atoms with Crippen LogP contribution in [-0.4, -0.2) is 71.5 Å². The number of nitrogens with zero attached hydrogens (tertiary/aromatic N) is 4. The second-order valence-corrected chi connectivity index (χ2v) is 7.04. The fourth-order valence-corrected chi connectivity index (χ4v) is 3.44. The topological polar surface area (TPSA) is 62.3 Å². The zero-order valence-electron chi connectivity index (χ0n) is 17.8. The lowest BCUT2D eigenvalue weighted by Crippen LogP contribution is -2.46. The summed E-state index contributed by atoms with van der Waals surface area (Å²) in [5.41, 5.74) is 3.18. The lowest BCUT2D eigenvalue weighted by Gasteiger charge is -2.37. The number of carbonyl (C=O) groups is 1. The lowest BCUT2D eigenvalue weighted by atomic mass is 10.2. The van der Waals surface area contributed by atoms with Crippen molar-refractivity contribution in [2.45, 2.75) is 0 Å². The molecule has 7 nitrogen and oxygen atoms in total. The lowest BCUT2D eigenvalue weighted by molar-refractivity contribution is 0.214. The van der Waals surface area contributed by atoms with E-state index in [2.05, 4.69) is 32.4 Å². The second-order valence-electron chi connectivity index (χ2n) is 7.04. The van der Waals surface area contributed by atoms with Gasteiger partial charge in [-0.2, -0.15) is 0 Å². The maximum Gasteiger partial charge on any atom is 0.324 e. The van der Waals surface area contributed by atoms with Gasteiger partial charge in [0, 0.05) is 57.3 Å². The van der Waals surface area contributed by atoms with Gasteiger partial charge in [0.2, 0.25) is 0 Å². The third-order valence-corrected chi connectivity index (χ3v) is 5.09. The molecule has 1 heterocycles. The number of anilines is 3. The Hall–Kier alpha value is -2.93. The number of aromatic hydroxyl groups is 1. The molecule has 0 bridgehead atoms. The van der Waals surface area contributed by atoms with E-state index < -0.39 is 0 Å². The monoisotopic (exact) mass is 384 g/mol. The molecule has 0 spiro atoms. The first-order valence-electron chi connectivity index (χ1n) is 9.91. The first-order valence-corrected chi connectivity index (χ1v) is 9.50. The molecule has 28 heavy (non-hydrogen) atoms. The number of phenolic OH excluding ortho intramolecular Hbond substituents is 1. The van der Waals surface area contributed by atoms with Crippen LogP contribution in [0, 0.1) is 0 Å². The van der Waals surface area contributed by atoms with Crippen LogP contribution in [0.1, 0.15) is 0 Å². The first kappa shape index (κ1) is 18.4. The average Bonchev–Trinajstić information content (AvgIpc) is 2.78. The zero-order valence-corrected chi connectivity index (χ0v) is 16.8. The van der Waals surface area contributed by atoms with Crippen LogP contribution in [0.3, 0.4) is 0 Å². The van der Waals surface area contributed by atoms with Gasteiger partial charge in [-0.05, 0) is 55.6 Å². The molecule has 1 aliphatic rings. The number of benzene rings is 2. The summed E-state index contributed by atoms with van der Waals surface area (Å²) in [7, 11) is 5.38. The van der Waals surface area contributed by atoms with Crippen molar-refractivity contribution >= 4 is 23.1 Å². The maximum atomic E-state index is 12.4. The summed E-state index contributed by atoms with van der Waals surface area (Å²) in [6.45, 7) is 4.21. The van der Waals surface area contributed by atoms with Crippen molar-refractivity contribution in [3.63, 3.8) is 0 Å². The van der Waals surface area contributed by atoms with Gasteiger partial charge in [0.05, 0.1) is 6.67 Å².